The number of carbonyl (C=O) groups is 1. The highest BCUT2D eigenvalue weighted by atomic mass is 16.5. The van der Waals surface area contributed by atoms with Crippen LogP contribution in [0.1, 0.15) is 111 Å². The van der Waals surface area contributed by atoms with Crippen molar-refractivity contribution in [3.05, 3.63) is 12.2 Å². The molecule has 2 nitrogen and oxygen atoms in total. The van der Waals surface area contributed by atoms with E-state index in [-0.39, 0.29) is 6.42 Å². The third kappa shape index (κ3) is 17.3. The third-order valence-corrected chi connectivity index (χ3v) is 3.81. The van der Waals surface area contributed by atoms with Crippen molar-refractivity contribution in [1.82, 2.24) is 0 Å². The zero-order valence-electron chi connectivity index (χ0n) is 19.4. The van der Waals surface area contributed by atoms with Gasteiger partial charge < -0.3 is 4.74 Å². The first-order valence-corrected chi connectivity index (χ1v) is 9.07. The van der Waals surface area contributed by atoms with E-state index in [1.807, 2.05) is 0 Å². The van der Waals surface area contributed by atoms with Crippen molar-refractivity contribution in [2.75, 3.05) is 6.56 Å². The van der Waals surface area contributed by atoms with E-state index in [1.165, 1.54) is 44.9 Å². The van der Waals surface area contributed by atoms with E-state index in [1.54, 1.807) is 0 Å². The van der Waals surface area contributed by atoms with E-state index < -0.39 is 19.4 Å². The fraction of sp³-hybridized carbons (Fsp3) is 0.850. The summed E-state index contributed by atoms with van der Waals surface area (Å²) >= 11 is 0. The minimum atomic E-state index is -2.95. The zero-order valence-corrected chi connectivity index (χ0v) is 14.4. The molecule has 0 N–H and O–H groups in total. The second-order valence-electron chi connectivity index (χ2n) is 5.91. The molecule has 2 heteroatoms. The van der Waals surface area contributed by atoms with Gasteiger partial charge in [0, 0.05) is 10.5 Å². The van der Waals surface area contributed by atoms with Gasteiger partial charge >= 0.3 is 5.97 Å². The van der Waals surface area contributed by atoms with Gasteiger partial charge in [0.25, 0.3) is 0 Å². The SMILES string of the molecule is [2H]C([2H])([2H])C([2H])([2H])OC(=O)CCCCCCCC=CCCCCCCCC. The summed E-state index contributed by atoms with van der Waals surface area (Å²) in [5, 5.41) is 0. The normalized spacial score (nSPS) is 15.8. The second kappa shape index (κ2) is 18.3. The molecule has 0 rings (SSSR count). The van der Waals surface area contributed by atoms with Gasteiger partial charge in [-0.15, -0.1) is 0 Å². The number of esters is 1. The molecule has 0 aliphatic carbocycles. The van der Waals surface area contributed by atoms with Gasteiger partial charge in [0.2, 0.25) is 0 Å². The summed E-state index contributed by atoms with van der Waals surface area (Å²) in [6, 6.07) is 0. The highest BCUT2D eigenvalue weighted by molar-refractivity contribution is 5.69. The van der Waals surface area contributed by atoms with Crippen molar-refractivity contribution in [2.24, 2.45) is 0 Å². The Kier molecular flexibility index (Phi) is 11.3. The van der Waals surface area contributed by atoms with Crippen LogP contribution in [0.5, 0.6) is 0 Å². The lowest BCUT2D eigenvalue weighted by Gasteiger charge is -2.01. The van der Waals surface area contributed by atoms with Crippen LogP contribution in [0.4, 0.5) is 0 Å². The summed E-state index contributed by atoms with van der Waals surface area (Å²) in [4.78, 5) is 11.5. The molecule has 0 unspecified atom stereocenters. The maximum atomic E-state index is 11.5. The van der Waals surface area contributed by atoms with Gasteiger partial charge in [0.05, 0.1) is 9.30 Å². The summed E-state index contributed by atoms with van der Waals surface area (Å²) < 4.78 is 39.9. The summed E-state index contributed by atoms with van der Waals surface area (Å²) in [6.07, 6.45) is 19.6. The minimum Gasteiger partial charge on any atom is -0.466 e. The van der Waals surface area contributed by atoms with Crippen molar-refractivity contribution < 1.29 is 16.4 Å². The van der Waals surface area contributed by atoms with Gasteiger partial charge in [0.15, 0.2) is 0 Å². The largest absolute Gasteiger partial charge is 0.466 e. The Morgan fingerprint density at radius 2 is 1.45 bits per heavy atom. The van der Waals surface area contributed by atoms with Gasteiger partial charge in [-0.05, 0) is 39.0 Å². The molecule has 22 heavy (non-hydrogen) atoms. The van der Waals surface area contributed by atoms with E-state index in [0.29, 0.717) is 6.42 Å². The molecular formula is C20H38O2. The predicted octanol–water partition coefficient (Wildman–Crippen LogP) is 6.59. The third-order valence-electron chi connectivity index (χ3n) is 3.81. The quantitative estimate of drug-likeness (QED) is 0.182. The first kappa shape index (κ1) is 13.6. The number of hydrogen-bond acceptors (Lipinski definition) is 2. The predicted molar refractivity (Wildman–Crippen MR) is 96.1 cm³/mol. The van der Waals surface area contributed by atoms with Crippen molar-refractivity contribution in [1.29, 1.82) is 0 Å². The summed E-state index contributed by atoms with van der Waals surface area (Å²) in [5.74, 6) is -0.784. The van der Waals surface area contributed by atoms with Crippen LogP contribution in [0.3, 0.4) is 0 Å². The molecule has 0 atom stereocenters. The highest BCUT2D eigenvalue weighted by Crippen LogP contribution is 2.10. The van der Waals surface area contributed by atoms with Crippen LogP contribution in [0.25, 0.3) is 0 Å². The Hall–Kier alpha value is -0.790. The molecule has 0 radical (unpaired) electrons. The van der Waals surface area contributed by atoms with Crippen LogP contribution >= 0.6 is 0 Å². The Morgan fingerprint density at radius 1 is 0.909 bits per heavy atom. The molecule has 130 valence electrons. The van der Waals surface area contributed by atoms with E-state index in [0.717, 1.165) is 32.1 Å². The fourth-order valence-corrected chi connectivity index (χ4v) is 2.45. The maximum Gasteiger partial charge on any atom is 0.305 e. The van der Waals surface area contributed by atoms with Crippen molar-refractivity contribution in [2.45, 2.75) is 104 Å². The molecule has 0 heterocycles. The molecule has 0 fully saturated rings. The minimum absolute atomic E-state index is 0.0632. The molecule has 0 spiro atoms. The van der Waals surface area contributed by atoms with Gasteiger partial charge in [0.1, 0.15) is 0 Å². The Labute approximate surface area is 145 Å². The second-order valence-corrected chi connectivity index (χ2v) is 5.91. The molecule has 0 aromatic rings. The van der Waals surface area contributed by atoms with Crippen LogP contribution in [-0.2, 0) is 9.53 Å². The molecule has 0 amide bonds. The molecule has 0 saturated carbocycles. The number of ether oxygens (including phenoxy) is 1. The summed E-state index contributed by atoms with van der Waals surface area (Å²) in [7, 11) is 0. The van der Waals surface area contributed by atoms with Gasteiger partial charge in [-0.3, -0.25) is 4.79 Å². The first-order valence-electron chi connectivity index (χ1n) is 11.6. The average molecular weight is 316 g/mol. The van der Waals surface area contributed by atoms with Crippen LogP contribution < -0.4 is 0 Å². The number of unbranched alkanes of at least 4 members (excludes halogenated alkanes) is 11. The highest BCUT2D eigenvalue weighted by Gasteiger charge is 2.00. The molecule has 0 aliphatic heterocycles. The van der Waals surface area contributed by atoms with E-state index in [2.05, 4.69) is 23.8 Å². The monoisotopic (exact) mass is 315 g/mol. The summed E-state index contributed by atoms with van der Waals surface area (Å²) in [5.41, 5.74) is 0. The topological polar surface area (TPSA) is 26.3 Å². The fourth-order valence-electron chi connectivity index (χ4n) is 2.45. The average Bonchev–Trinajstić information content (AvgIpc) is 2.57. The van der Waals surface area contributed by atoms with Crippen LogP contribution in [-0.4, -0.2) is 12.5 Å². The summed E-state index contributed by atoms with van der Waals surface area (Å²) in [6.45, 7) is -3.63. The Bertz CT molecular complexity index is 406. The number of hydrogen-bond donors (Lipinski definition) is 0. The lowest BCUT2D eigenvalue weighted by molar-refractivity contribution is -0.143. The van der Waals surface area contributed by atoms with Crippen LogP contribution in [0.2, 0.25) is 0 Å². The smallest absolute Gasteiger partial charge is 0.305 e. The molecular weight excluding hydrogens is 272 g/mol. The van der Waals surface area contributed by atoms with Crippen molar-refractivity contribution in [3.8, 4) is 0 Å². The van der Waals surface area contributed by atoms with Crippen molar-refractivity contribution in [3.63, 3.8) is 0 Å². The standard InChI is InChI=1S/C20H38O2/c1-3-5-6-7-8-9-10-11-12-13-14-15-16-17-18-19-20(21)22-4-2/h11-12H,3-10,13-19H2,1-2H3/i2D3,4D2. The van der Waals surface area contributed by atoms with Gasteiger partial charge in [-0.2, -0.15) is 0 Å². The molecule has 0 aromatic carbocycles. The first-order chi connectivity index (χ1) is 12.7. The van der Waals surface area contributed by atoms with Crippen LogP contribution in [0, 0.1) is 0 Å². The van der Waals surface area contributed by atoms with Crippen LogP contribution in [0.15, 0.2) is 12.2 Å². The van der Waals surface area contributed by atoms with E-state index in [4.69, 9.17) is 6.85 Å². The van der Waals surface area contributed by atoms with Crippen molar-refractivity contribution >= 4 is 5.97 Å². The number of allylic oxidation sites excluding steroid dienone is 2. The molecule has 0 aliphatic rings. The molecule has 0 aromatic heterocycles. The lowest BCUT2D eigenvalue weighted by atomic mass is 10.1. The lowest BCUT2D eigenvalue weighted by Crippen LogP contribution is -2.03. The zero-order chi connectivity index (χ0) is 20.6. The molecule has 0 bridgehead atoms. The Balaban J connectivity index is 3.47. The number of rotatable bonds is 16. The maximum absolute atomic E-state index is 11.5. The van der Waals surface area contributed by atoms with Gasteiger partial charge in [-0.25, -0.2) is 0 Å². The van der Waals surface area contributed by atoms with E-state index in [9.17, 15) is 4.79 Å². The number of carbonyl (C=O) groups excluding carboxylic acids is 1. The molecule has 0 saturated heterocycles. The Morgan fingerprint density at radius 3 is 2.05 bits per heavy atom. The van der Waals surface area contributed by atoms with Gasteiger partial charge in [-0.1, -0.05) is 70.4 Å². The van der Waals surface area contributed by atoms with E-state index >= 15 is 0 Å².